The van der Waals surface area contributed by atoms with Crippen LogP contribution in [-0.4, -0.2) is 55.7 Å². The maximum atomic E-state index is 11.7. The number of thiophene rings is 1. The maximum absolute atomic E-state index is 11.7. The third kappa shape index (κ3) is 17.5. The molecule has 0 saturated carbocycles. The van der Waals surface area contributed by atoms with Crippen LogP contribution in [-0.2, 0) is 24.9 Å². The van der Waals surface area contributed by atoms with Gasteiger partial charge in [-0.3, -0.25) is 9.78 Å². The van der Waals surface area contributed by atoms with Gasteiger partial charge in [-0.25, -0.2) is 34.9 Å². The number of aromatic nitrogens is 10. The van der Waals surface area contributed by atoms with Crippen molar-refractivity contribution in [2.24, 2.45) is 11.8 Å². The summed E-state index contributed by atoms with van der Waals surface area (Å²) in [7, 11) is 0. The number of ketones is 1. The number of hydrogen-bond acceptors (Lipinski definition) is 17. The zero-order chi connectivity index (χ0) is 86.9. The minimum absolute atomic E-state index is 0. The second kappa shape index (κ2) is 38.9. The Bertz CT molecular complexity index is 7650. The Morgan fingerprint density at radius 3 is 1.53 bits per heavy atom. The SMILES string of the molecule is CCC(CC)C(=O)C=C(O)C(CC)CC.Cc1[c-]c(-c2c3ccccc3cc3ncncc23)cc(C)c1.[C-]#[N+]c1nc2c3nc(C#N)c(C#N)nc3c3nc(C#N)c(C#N)nc3c2nc1[N+]#[C-].[Ir].[Li+].[O-]c1cccc2ccc[nH+]c12.c1ccc2cc(-c3c4ccccc4c(-c4ccc5ccccc5c4)c4cc(-c5nccc6c5sc5ccccc56)ccc34)ccc2c1. The number of H-pyrrole nitrogens is 1. The average molecular weight is 1840 g/mol. The molecular weight excluding hydrogens is 1760 g/mol. The van der Waals surface area contributed by atoms with Gasteiger partial charge in [0.15, 0.2) is 34.8 Å². The van der Waals surface area contributed by atoms with E-state index in [2.05, 4.69) is 275 Å². The molecule has 0 aliphatic carbocycles. The quantitative estimate of drug-likeness (QED) is 0.0314. The van der Waals surface area contributed by atoms with E-state index in [0.29, 0.717) is 5.52 Å². The van der Waals surface area contributed by atoms with Gasteiger partial charge in [0.2, 0.25) is 16.6 Å². The van der Waals surface area contributed by atoms with E-state index in [9.17, 15) is 36.1 Å². The number of fused-ring (bicyclic) bond motifs is 16. The van der Waals surface area contributed by atoms with Crippen LogP contribution in [0.25, 0.3) is 183 Å². The third-order valence-corrected chi connectivity index (χ3v) is 23.5. The number of nitrogens with one attached hydrogen (secondary N) is 1. The summed E-state index contributed by atoms with van der Waals surface area (Å²) in [5, 5.41) is 75.1. The number of para-hydroxylation sites is 1. The minimum Gasteiger partial charge on any atom is -0.868 e. The fourth-order valence-corrected chi connectivity index (χ4v) is 17.5. The number of allylic oxidation sites excluding steroid dienone is 2. The van der Waals surface area contributed by atoms with Crippen molar-refractivity contribution in [3.8, 4) is 74.7 Å². The van der Waals surface area contributed by atoms with E-state index in [-0.39, 0.29) is 136 Å². The molecule has 1 radical (unpaired) electrons. The van der Waals surface area contributed by atoms with E-state index in [1.807, 2.05) is 69.6 Å². The van der Waals surface area contributed by atoms with Crippen LogP contribution in [0.2, 0.25) is 0 Å². The van der Waals surface area contributed by atoms with Crippen molar-refractivity contribution in [2.45, 2.75) is 67.2 Å². The number of pyridine rings is 2. The molecule has 0 atom stereocenters. The smallest absolute Gasteiger partial charge is 0.868 e. The first kappa shape index (κ1) is 87.8. The number of aliphatic hydroxyl groups excluding tert-OH is 1. The molecule has 0 aliphatic rings. The van der Waals surface area contributed by atoms with E-state index >= 15 is 0 Å². The van der Waals surface area contributed by atoms with E-state index in [4.69, 9.17) is 18.1 Å². The molecule has 20 aromatic rings. The standard InChI is InChI=1S/C45H27NS.C20H15N2.C18N12.C13H24O2.C9H7NO.Ir.Li/c1-3-11-30-25-32(19-17-28(30)9-1)42-36-14-5-6-15-37(36)43(33-20-18-29-10-2-4-12-31(29)26-33)40-27-34(21-22-38(40)42)44-45-39(23-24-46-44)35-13-7-8-16-41(35)47-45;1-13-7-14(2)9-16(8-13)20-17-6-4-3-5-15(17)10-19-18(20)11-21-12-22-19;1-23-17-18(24-2)30-16-14-12(26-8(4-20)10(6-22)28-14)11-13(15(16)29-17)27-9(5-21)7(3-19)25-11;1-5-10(6-2)12(14)9-13(15)11(7-3)8-4;11-8-5-1-3-7-4-2-6-10-9(7)8;;/h1-27H;3-8,10-12H,1-2H3;;9-11,14H,5-8H2,1-4H3;1-6,11H;;/q;-1;;;;;+1. The Kier molecular flexibility index (Phi) is 26.9. The number of aromatic amines is 1. The summed E-state index contributed by atoms with van der Waals surface area (Å²) in [6, 6.07) is 92.2. The second-order valence-corrected chi connectivity index (χ2v) is 30.9. The predicted molar refractivity (Wildman–Crippen MR) is 495 cm³/mol. The second-order valence-electron chi connectivity index (χ2n) is 29.9. The Labute approximate surface area is 760 Å². The topological polar surface area (TPSA) is 294 Å². The monoisotopic (exact) mass is 1840 g/mol. The first-order chi connectivity index (χ1) is 61.1. The van der Waals surface area contributed by atoms with Crippen LogP contribution in [0, 0.1) is 90.2 Å². The van der Waals surface area contributed by atoms with Gasteiger partial charge in [-0.15, -0.1) is 56.2 Å². The molecule has 127 heavy (non-hydrogen) atoms. The molecule has 13 aromatic carbocycles. The van der Waals surface area contributed by atoms with Gasteiger partial charge in [0.25, 0.3) is 11.6 Å². The summed E-state index contributed by atoms with van der Waals surface area (Å²) in [5.41, 5.74) is 12.3. The van der Waals surface area contributed by atoms with Crippen molar-refractivity contribution < 1.29 is 59.0 Å². The van der Waals surface area contributed by atoms with Crippen LogP contribution in [0.5, 0.6) is 5.75 Å². The summed E-state index contributed by atoms with van der Waals surface area (Å²) in [5.74, 6) is -0.0101. The van der Waals surface area contributed by atoms with Gasteiger partial charge in [0.05, 0.1) is 21.7 Å². The molecule has 0 amide bonds. The van der Waals surface area contributed by atoms with Gasteiger partial charge in [-0.1, -0.05) is 229 Å². The normalized spacial score (nSPS) is 11.0. The molecule has 0 spiro atoms. The number of carbonyl (C=O) groups is 1. The first-order valence-corrected chi connectivity index (χ1v) is 41.4. The summed E-state index contributed by atoms with van der Waals surface area (Å²) in [6.07, 6.45) is 12.1. The van der Waals surface area contributed by atoms with Crippen molar-refractivity contribution >= 4 is 158 Å². The summed E-state index contributed by atoms with van der Waals surface area (Å²) < 4.78 is 2.52. The summed E-state index contributed by atoms with van der Waals surface area (Å²) >= 11 is 1.83. The number of aryl methyl sites for hydroxylation is 2. The number of carbonyl (C=O) groups excluding carboxylic acids is 1. The van der Waals surface area contributed by atoms with Crippen molar-refractivity contribution in [3.63, 3.8) is 0 Å². The Morgan fingerprint density at radius 1 is 0.496 bits per heavy atom. The summed E-state index contributed by atoms with van der Waals surface area (Å²) in [6.45, 7) is 26.7. The molecule has 0 aliphatic heterocycles. The molecule has 0 unspecified atom stereocenters. The number of rotatable bonds is 11. The van der Waals surface area contributed by atoms with Crippen molar-refractivity contribution in [1.29, 1.82) is 21.0 Å². The Morgan fingerprint density at radius 2 is 0.984 bits per heavy atom. The molecule has 0 bridgehead atoms. The predicted octanol–water partition coefficient (Wildman–Crippen LogP) is 21.6. The van der Waals surface area contributed by atoms with Crippen molar-refractivity contribution in [3.05, 3.63) is 330 Å². The molecule has 607 valence electrons. The summed E-state index contributed by atoms with van der Waals surface area (Å²) in [4.78, 5) is 59.4. The molecule has 2 N–H and O–H groups in total. The fraction of sp³-hybridized carbons (Fsp3) is 0.114. The van der Waals surface area contributed by atoms with Crippen LogP contribution in [0.15, 0.2) is 267 Å². The van der Waals surface area contributed by atoms with Gasteiger partial charge in [-0.05, 0) is 156 Å². The Balaban J connectivity index is 0.000000141. The molecule has 20 rings (SSSR count). The zero-order valence-electron chi connectivity index (χ0n) is 70.0. The van der Waals surface area contributed by atoms with Gasteiger partial charge in [-0.2, -0.15) is 21.0 Å². The van der Waals surface area contributed by atoms with Crippen LogP contribution < -0.4 is 29.0 Å². The number of nitriles is 4. The van der Waals surface area contributed by atoms with E-state index in [0.717, 1.165) is 64.4 Å². The van der Waals surface area contributed by atoms with Crippen LogP contribution >= 0.6 is 11.3 Å². The van der Waals surface area contributed by atoms with Crippen LogP contribution in [0.1, 0.15) is 87.3 Å². The first-order valence-electron chi connectivity index (χ1n) is 40.6. The molecular formula is C105H73IrLiN16O3S. The van der Waals surface area contributed by atoms with Crippen LogP contribution in [0.4, 0.5) is 11.6 Å². The largest absolute Gasteiger partial charge is 1.00 e. The van der Waals surface area contributed by atoms with E-state index < -0.39 is 0 Å². The maximum Gasteiger partial charge on any atom is 1.00 e. The van der Waals surface area contributed by atoms with Crippen molar-refractivity contribution in [1.82, 2.24) is 44.9 Å². The van der Waals surface area contributed by atoms with Crippen LogP contribution in [0.3, 0.4) is 0 Å². The van der Waals surface area contributed by atoms with Crippen molar-refractivity contribution in [2.75, 3.05) is 0 Å². The molecule has 22 heteroatoms. The molecule has 0 saturated heterocycles. The van der Waals surface area contributed by atoms with Gasteiger partial charge in [0, 0.05) is 82.9 Å². The fourth-order valence-electron chi connectivity index (χ4n) is 16.2. The van der Waals surface area contributed by atoms with E-state index in [1.165, 1.54) is 113 Å². The third-order valence-electron chi connectivity index (χ3n) is 22.3. The van der Waals surface area contributed by atoms with Gasteiger partial charge in [0.1, 0.15) is 52.7 Å². The number of hydrogen-bond donors (Lipinski definition) is 1. The molecule has 19 nitrogen and oxygen atoms in total. The number of nitrogens with zero attached hydrogens (tertiary/aromatic N) is 15. The number of aliphatic hydroxyl groups is 1. The van der Waals surface area contributed by atoms with E-state index in [1.54, 1.807) is 48.9 Å². The zero-order valence-corrected chi connectivity index (χ0v) is 73.2. The minimum atomic E-state index is -0.301. The molecule has 0 fully saturated rings. The molecule has 7 heterocycles. The average Bonchev–Trinajstić information content (AvgIpc) is 1.25. The van der Waals surface area contributed by atoms with Gasteiger partial charge >= 0.3 is 18.9 Å². The Hall–Kier alpha value is -15.5. The molecule has 7 aromatic heterocycles. The number of benzene rings is 13. The van der Waals surface area contributed by atoms with Gasteiger partial charge < -0.3 is 19.9 Å².